The lowest BCUT2D eigenvalue weighted by molar-refractivity contribution is -0.117. The summed E-state index contributed by atoms with van der Waals surface area (Å²) in [6.07, 6.45) is 0.414. The van der Waals surface area contributed by atoms with Gasteiger partial charge in [-0.2, -0.15) is 0 Å². The molecule has 0 spiro atoms. The van der Waals surface area contributed by atoms with Gasteiger partial charge in [0.05, 0.1) is 19.9 Å². The summed E-state index contributed by atoms with van der Waals surface area (Å²) in [5, 5.41) is 5.59. The molecular weight excluding hydrogens is 346 g/mol. The quantitative estimate of drug-likeness (QED) is 0.821. The molecule has 2 N–H and O–H groups in total. The van der Waals surface area contributed by atoms with Crippen molar-refractivity contribution in [2.45, 2.75) is 6.42 Å². The Morgan fingerprint density at radius 2 is 1.89 bits per heavy atom. The normalized spacial score (nSPS) is 16.1. The number of amides is 3. The number of ether oxygens (including phenoxy) is 2. The molecule has 1 unspecified atom stereocenters. The van der Waals surface area contributed by atoms with E-state index in [1.165, 1.54) is 14.2 Å². The number of hydrogen-bond donors (Lipinski definition) is 2. The van der Waals surface area contributed by atoms with Gasteiger partial charge in [0.2, 0.25) is 5.91 Å². The zero-order valence-electron chi connectivity index (χ0n) is 15.4. The predicted molar refractivity (Wildman–Crippen MR) is 103 cm³/mol. The van der Waals surface area contributed by atoms with E-state index in [0.717, 1.165) is 5.69 Å². The Balaban J connectivity index is 1.55. The number of carbonyl (C=O) groups is 2. The second-order valence-electron chi connectivity index (χ2n) is 6.29. The third kappa shape index (κ3) is 4.31. The molecule has 1 aliphatic heterocycles. The lowest BCUT2D eigenvalue weighted by atomic mass is 10.1. The van der Waals surface area contributed by atoms with Crippen LogP contribution in [-0.2, 0) is 4.79 Å². The molecule has 27 heavy (non-hydrogen) atoms. The molecule has 0 radical (unpaired) electrons. The maximum absolute atomic E-state index is 12.3. The van der Waals surface area contributed by atoms with Crippen LogP contribution in [0.5, 0.6) is 11.5 Å². The molecule has 2 aromatic carbocycles. The minimum atomic E-state index is -0.354. The van der Waals surface area contributed by atoms with E-state index in [9.17, 15) is 9.59 Å². The molecule has 3 rings (SSSR count). The number of methoxy groups -OCH3 is 2. The van der Waals surface area contributed by atoms with E-state index < -0.39 is 0 Å². The molecule has 0 aliphatic carbocycles. The van der Waals surface area contributed by atoms with Crippen molar-refractivity contribution >= 4 is 23.3 Å². The number of hydrogen-bond acceptors (Lipinski definition) is 4. The van der Waals surface area contributed by atoms with Crippen molar-refractivity contribution in [3.05, 3.63) is 48.5 Å². The number of carbonyl (C=O) groups excluding carboxylic acids is 2. The highest BCUT2D eigenvalue weighted by molar-refractivity contribution is 5.96. The van der Waals surface area contributed by atoms with Crippen molar-refractivity contribution in [2.75, 3.05) is 37.5 Å². The van der Waals surface area contributed by atoms with Crippen LogP contribution in [0.4, 0.5) is 16.2 Å². The Bertz CT molecular complexity index is 810. The number of nitrogens with zero attached hydrogens (tertiary/aromatic N) is 1. The van der Waals surface area contributed by atoms with E-state index in [0.29, 0.717) is 36.7 Å². The van der Waals surface area contributed by atoms with Crippen LogP contribution in [0.15, 0.2) is 48.5 Å². The van der Waals surface area contributed by atoms with Gasteiger partial charge < -0.3 is 25.0 Å². The average Bonchev–Trinajstić information content (AvgIpc) is 3.07. The fourth-order valence-electron chi connectivity index (χ4n) is 3.16. The van der Waals surface area contributed by atoms with Crippen LogP contribution in [0.3, 0.4) is 0 Å². The third-order valence-electron chi connectivity index (χ3n) is 4.48. The monoisotopic (exact) mass is 369 g/mol. The van der Waals surface area contributed by atoms with Crippen molar-refractivity contribution in [3.8, 4) is 11.5 Å². The molecule has 1 saturated heterocycles. The first-order valence-corrected chi connectivity index (χ1v) is 8.73. The second kappa shape index (κ2) is 8.44. The SMILES string of the molecule is COc1cccc(NC(=O)NCC2CC(=O)N(c3ccccc3)C2)c1OC. The molecule has 1 fully saturated rings. The molecular formula is C20H23N3O4. The van der Waals surface area contributed by atoms with Gasteiger partial charge in [-0.15, -0.1) is 0 Å². The zero-order valence-corrected chi connectivity index (χ0v) is 15.4. The van der Waals surface area contributed by atoms with Crippen LogP contribution in [0, 0.1) is 5.92 Å². The summed E-state index contributed by atoms with van der Waals surface area (Å²) in [5.41, 5.74) is 1.40. The van der Waals surface area contributed by atoms with Crippen molar-refractivity contribution in [3.63, 3.8) is 0 Å². The summed E-state index contributed by atoms with van der Waals surface area (Å²) in [6.45, 7) is 0.999. The van der Waals surface area contributed by atoms with Crippen molar-refractivity contribution in [1.82, 2.24) is 5.32 Å². The van der Waals surface area contributed by atoms with Crippen LogP contribution in [0.2, 0.25) is 0 Å². The first-order valence-electron chi connectivity index (χ1n) is 8.73. The molecule has 1 heterocycles. The van der Waals surface area contributed by atoms with Crippen LogP contribution in [0.25, 0.3) is 0 Å². The Kier molecular flexibility index (Phi) is 5.80. The highest BCUT2D eigenvalue weighted by atomic mass is 16.5. The average molecular weight is 369 g/mol. The van der Waals surface area contributed by atoms with E-state index in [-0.39, 0.29) is 17.9 Å². The lowest BCUT2D eigenvalue weighted by Crippen LogP contribution is -2.34. The molecule has 0 saturated carbocycles. The van der Waals surface area contributed by atoms with Gasteiger partial charge >= 0.3 is 6.03 Å². The number of urea groups is 1. The van der Waals surface area contributed by atoms with Gasteiger partial charge in [-0.25, -0.2) is 4.79 Å². The number of nitrogens with one attached hydrogen (secondary N) is 2. The van der Waals surface area contributed by atoms with Crippen LogP contribution in [-0.4, -0.2) is 39.2 Å². The number of benzene rings is 2. The smallest absolute Gasteiger partial charge is 0.319 e. The van der Waals surface area contributed by atoms with Gasteiger partial charge in [-0.05, 0) is 24.3 Å². The predicted octanol–water partition coefficient (Wildman–Crippen LogP) is 2.88. The largest absolute Gasteiger partial charge is 0.493 e. The maximum atomic E-state index is 12.3. The van der Waals surface area contributed by atoms with E-state index in [1.54, 1.807) is 23.1 Å². The fraction of sp³-hybridized carbons (Fsp3) is 0.300. The molecule has 1 atom stereocenters. The molecule has 142 valence electrons. The van der Waals surface area contributed by atoms with Gasteiger partial charge in [0.25, 0.3) is 0 Å². The molecule has 3 amide bonds. The molecule has 2 aromatic rings. The second-order valence-corrected chi connectivity index (χ2v) is 6.29. The molecule has 0 bridgehead atoms. The summed E-state index contributed by atoms with van der Waals surface area (Å²) in [7, 11) is 3.06. The van der Waals surface area contributed by atoms with Crippen molar-refractivity contribution < 1.29 is 19.1 Å². The summed E-state index contributed by atoms with van der Waals surface area (Å²) in [5.74, 6) is 1.13. The standard InChI is InChI=1S/C20H23N3O4/c1-26-17-10-6-9-16(19(17)27-2)22-20(25)21-12-14-11-18(24)23(13-14)15-7-4-3-5-8-15/h3-10,14H,11-13H2,1-2H3,(H2,21,22,25). The fourth-order valence-corrected chi connectivity index (χ4v) is 3.16. The van der Waals surface area contributed by atoms with Crippen LogP contribution < -0.4 is 25.0 Å². The van der Waals surface area contributed by atoms with Crippen molar-refractivity contribution in [1.29, 1.82) is 0 Å². The highest BCUT2D eigenvalue weighted by Gasteiger charge is 2.30. The van der Waals surface area contributed by atoms with Gasteiger partial charge in [0.15, 0.2) is 11.5 Å². The van der Waals surface area contributed by atoms with E-state index in [4.69, 9.17) is 9.47 Å². The first kappa shape index (κ1) is 18.6. The van der Waals surface area contributed by atoms with E-state index in [2.05, 4.69) is 10.6 Å². The number of anilines is 2. The molecule has 1 aliphatic rings. The molecule has 0 aromatic heterocycles. The van der Waals surface area contributed by atoms with Gasteiger partial charge in [0.1, 0.15) is 0 Å². The topological polar surface area (TPSA) is 79.9 Å². The Hall–Kier alpha value is -3.22. The van der Waals surface area contributed by atoms with Crippen molar-refractivity contribution in [2.24, 2.45) is 5.92 Å². The van der Waals surface area contributed by atoms with Crippen LogP contribution >= 0.6 is 0 Å². The first-order chi connectivity index (χ1) is 13.1. The lowest BCUT2D eigenvalue weighted by Gasteiger charge is -2.17. The summed E-state index contributed by atoms with van der Waals surface area (Å²) in [6, 6.07) is 14.5. The van der Waals surface area contributed by atoms with E-state index in [1.807, 2.05) is 30.3 Å². The zero-order chi connectivity index (χ0) is 19.2. The van der Waals surface area contributed by atoms with Gasteiger partial charge in [0, 0.05) is 31.1 Å². The Morgan fingerprint density at radius 3 is 2.59 bits per heavy atom. The van der Waals surface area contributed by atoms with Gasteiger partial charge in [-0.3, -0.25) is 4.79 Å². The van der Waals surface area contributed by atoms with Gasteiger partial charge in [-0.1, -0.05) is 24.3 Å². The minimum absolute atomic E-state index is 0.0654. The van der Waals surface area contributed by atoms with Crippen LogP contribution in [0.1, 0.15) is 6.42 Å². The third-order valence-corrected chi connectivity index (χ3v) is 4.48. The van der Waals surface area contributed by atoms with E-state index >= 15 is 0 Å². The molecule has 7 nitrogen and oxygen atoms in total. The Morgan fingerprint density at radius 1 is 1.11 bits per heavy atom. The minimum Gasteiger partial charge on any atom is -0.493 e. The summed E-state index contributed by atoms with van der Waals surface area (Å²) >= 11 is 0. The number of para-hydroxylation sites is 2. The summed E-state index contributed by atoms with van der Waals surface area (Å²) in [4.78, 5) is 26.3. The molecule has 7 heteroatoms. The summed E-state index contributed by atoms with van der Waals surface area (Å²) < 4.78 is 10.5. The highest BCUT2D eigenvalue weighted by Crippen LogP contribution is 2.34. The maximum Gasteiger partial charge on any atom is 0.319 e. The number of rotatable bonds is 6. The Labute approximate surface area is 158 Å².